The Morgan fingerprint density at radius 2 is 2.06 bits per heavy atom. The van der Waals surface area contributed by atoms with E-state index >= 15 is 0 Å². The molecule has 0 aliphatic rings. The lowest BCUT2D eigenvalue weighted by Crippen LogP contribution is -2.21. The molecule has 0 unspecified atom stereocenters. The number of rotatable bonds is 4. The average molecular weight is 245 g/mol. The maximum absolute atomic E-state index is 11.5. The SMILES string of the molecule is Cc1c(O)cccc1OCCn1ccccc1=O. The van der Waals surface area contributed by atoms with Gasteiger partial charge in [0.2, 0.25) is 0 Å². The Bertz CT molecular complexity index is 590. The molecule has 0 saturated heterocycles. The molecule has 1 N–H and O–H groups in total. The highest BCUT2D eigenvalue weighted by Crippen LogP contribution is 2.25. The first kappa shape index (κ1) is 12.2. The van der Waals surface area contributed by atoms with Crippen LogP contribution in [0.1, 0.15) is 5.56 Å². The molecule has 0 atom stereocenters. The van der Waals surface area contributed by atoms with Crippen LogP contribution in [0.2, 0.25) is 0 Å². The highest BCUT2D eigenvalue weighted by Gasteiger charge is 2.03. The largest absolute Gasteiger partial charge is 0.508 e. The molecule has 2 aromatic rings. The van der Waals surface area contributed by atoms with Crippen LogP contribution in [0.25, 0.3) is 0 Å². The Labute approximate surface area is 105 Å². The van der Waals surface area contributed by atoms with Crippen LogP contribution in [0.5, 0.6) is 11.5 Å². The van der Waals surface area contributed by atoms with Gasteiger partial charge in [0.25, 0.3) is 5.56 Å². The number of ether oxygens (including phenoxy) is 1. The minimum absolute atomic E-state index is 0.0475. The molecule has 2 rings (SSSR count). The third kappa shape index (κ3) is 2.71. The normalized spacial score (nSPS) is 10.3. The van der Waals surface area contributed by atoms with E-state index < -0.39 is 0 Å². The van der Waals surface area contributed by atoms with Crippen LogP contribution in [0.15, 0.2) is 47.4 Å². The number of nitrogens with zero attached hydrogens (tertiary/aromatic N) is 1. The van der Waals surface area contributed by atoms with Gasteiger partial charge in [-0.1, -0.05) is 12.1 Å². The summed E-state index contributed by atoms with van der Waals surface area (Å²) in [5, 5.41) is 9.53. The summed E-state index contributed by atoms with van der Waals surface area (Å²) >= 11 is 0. The van der Waals surface area contributed by atoms with Gasteiger partial charge in [0, 0.05) is 17.8 Å². The molecule has 4 heteroatoms. The van der Waals surface area contributed by atoms with Gasteiger partial charge in [0.15, 0.2) is 0 Å². The van der Waals surface area contributed by atoms with Crippen molar-refractivity contribution in [3.63, 3.8) is 0 Å². The number of pyridine rings is 1. The highest BCUT2D eigenvalue weighted by molar-refractivity contribution is 5.42. The van der Waals surface area contributed by atoms with Crippen LogP contribution in [0, 0.1) is 6.92 Å². The summed E-state index contributed by atoms with van der Waals surface area (Å²) in [6.45, 7) is 2.66. The number of aromatic hydroxyl groups is 1. The molecule has 0 aliphatic carbocycles. The number of aromatic nitrogens is 1. The lowest BCUT2D eigenvalue weighted by atomic mass is 10.2. The van der Waals surface area contributed by atoms with E-state index in [0.29, 0.717) is 24.5 Å². The van der Waals surface area contributed by atoms with Crippen molar-refractivity contribution in [2.75, 3.05) is 6.61 Å². The first-order chi connectivity index (χ1) is 8.68. The number of hydrogen-bond donors (Lipinski definition) is 1. The molecule has 18 heavy (non-hydrogen) atoms. The van der Waals surface area contributed by atoms with Crippen LogP contribution in [0.4, 0.5) is 0 Å². The van der Waals surface area contributed by atoms with Gasteiger partial charge in [0.1, 0.15) is 18.1 Å². The topological polar surface area (TPSA) is 51.5 Å². The van der Waals surface area contributed by atoms with Crippen molar-refractivity contribution in [2.24, 2.45) is 0 Å². The number of benzene rings is 1. The quantitative estimate of drug-likeness (QED) is 0.895. The molecule has 0 fully saturated rings. The molecular formula is C14H15NO3. The molecule has 1 aromatic heterocycles. The van der Waals surface area contributed by atoms with Crippen LogP contribution >= 0.6 is 0 Å². The second-order valence-electron chi connectivity index (χ2n) is 3.98. The van der Waals surface area contributed by atoms with E-state index in [0.717, 1.165) is 0 Å². The van der Waals surface area contributed by atoms with E-state index in [4.69, 9.17) is 4.74 Å². The third-order valence-electron chi connectivity index (χ3n) is 2.74. The van der Waals surface area contributed by atoms with E-state index in [2.05, 4.69) is 0 Å². The Morgan fingerprint density at radius 3 is 2.83 bits per heavy atom. The van der Waals surface area contributed by atoms with Gasteiger partial charge in [-0.15, -0.1) is 0 Å². The van der Waals surface area contributed by atoms with Crippen molar-refractivity contribution in [1.82, 2.24) is 4.57 Å². The fourth-order valence-corrected chi connectivity index (χ4v) is 1.66. The standard InChI is InChI=1S/C14H15NO3/c1-11-12(16)5-4-6-13(11)18-10-9-15-8-3-2-7-14(15)17/h2-8,16H,9-10H2,1H3. The Hall–Kier alpha value is -2.23. The molecular weight excluding hydrogens is 230 g/mol. The lowest BCUT2D eigenvalue weighted by molar-refractivity contribution is 0.292. The number of phenols is 1. The molecule has 94 valence electrons. The van der Waals surface area contributed by atoms with E-state index in [-0.39, 0.29) is 11.3 Å². The maximum atomic E-state index is 11.5. The summed E-state index contributed by atoms with van der Waals surface area (Å²) in [6, 6.07) is 10.2. The minimum atomic E-state index is -0.0475. The zero-order chi connectivity index (χ0) is 13.0. The summed E-state index contributed by atoms with van der Waals surface area (Å²) in [4.78, 5) is 11.5. The van der Waals surface area contributed by atoms with E-state index in [1.54, 1.807) is 48.0 Å². The summed E-state index contributed by atoms with van der Waals surface area (Å²) < 4.78 is 7.14. The van der Waals surface area contributed by atoms with Crippen molar-refractivity contribution in [3.8, 4) is 11.5 Å². The Balaban J connectivity index is 1.99. The smallest absolute Gasteiger partial charge is 0.250 e. The van der Waals surface area contributed by atoms with Gasteiger partial charge < -0.3 is 14.4 Å². The maximum Gasteiger partial charge on any atom is 0.250 e. The summed E-state index contributed by atoms with van der Waals surface area (Å²) in [7, 11) is 0. The van der Waals surface area contributed by atoms with Gasteiger partial charge in [-0.3, -0.25) is 4.79 Å². The Morgan fingerprint density at radius 1 is 1.22 bits per heavy atom. The summed E-state index contributed by atoms with van der Waals surface area (Å²) in [5.74, 6) is 0.850. The predicted molar refractivity (Wildman–Crippen MR) is 69.0 cm³/mol. The first-order valence-electron chi connectivity index (χ1n) is 5.75. The molecule has 0 amide bonds. The second kappa shape index (κ2) is 5.40. The molecule has 0 spiro atoms. The second-order valence-corrected chi connectivity index (χ2v) is 3.98. The molecule has 0 aliphatic heterocycles. The van der Waals surface area contributed by atoms with Crippen LogP contribution in [0.3, 0.4) is 0 Å². The molecule has 1 heterocycles. The summed E-state index contributed by atoms with van der Waals surface area (Å²) in [5.41, 5.74) is 0.659. The molecule has 1 aromatic carbocycles. The average Bonchev–Trinajstić information content (AvgIpc) is 2.37. The van der Waals surface area contributed by atoms with Crippen molar-refractivity contribution in [3.05, 3.63) is 58.5 Å². The minimum Gasteiger partial charge on any atom is -0.508 e. The molecule has 0 radical (unpaired) electrons. The fraction of sp³-hybridized carbons (Fsp3) is 0.214. The van der Waals surface area contributed by atoms with E-state index in [1.807, 2.05) is 0 Å². The molecule has 0 bridgehead atoms. The summed E-state index contributed by atoms with van der Waals surface area (Å²) in [6.07, 6.45) is 1.72. The van der Waals surface area contributed by atoms with Gasteiger partial charge in [-0.2, -0.15) is 0 Å². The number of hydrogen-bond acceptors (Lipinski definition) is 3. The van der Waals surface area contributed by atoms with Crippen molar-refractivity contribution >= 4 is 0 Å². The van der Waals surface area contributed by atoms with Crippen molar-refractivity contribution < 1.29 is 9.84 Å². The predicted octanol–water partition coefficient (Wildman–Crippen LogP) is 1.94. The monoisotopic (exact) mass is 245 g/mol. The molecule has 4 nitrogen and oxygen atoms in total. The van der Waals surface area contributed by atoms with Gasteiger partial charge in [-0.05, 0) is 25.1 Å². The Kier molecular flexibility index (Phi) is 3.67. The highest BCUT2D eigenvalue weighted by atomic mass is 16.5. The number of phenolic OH excluding ortho intramolecular Hbond substituents is 1. The van der Waals surface area contributed by atoms with Gasteiger partial charge >= 0.3 is 0 Å². The van der Waals surface area contributed by atoms with Gasteiger partial charge in [-0.25, -0.2) is 0 Å². The first-order valence-corrected chi connectivity index (χ1v) is 5.75. The lowest BCUT2D eigenvalue weighted by Gasteiger charge is -2.10. The van der Waals surface area contributed by atoms with Crippen molar-refractivity contribution in [1.29, 1.82) is 0 Å². The van der Waals surface area contributed by atoms with E-state index in [1.165, 1.54) is 6.07 Å². The van der Waals surface area contributed by atoms with Crippen LogP contribution in [-0.2, 0) is 6.54 Å². The zero-order valence-electron chi connectivity index (χ0n) is 10.2. The van der Waals surface area contributed by atoms with Crippen molar-refractivity contribution in [2.45, 2.75) is 13.5 Å². The van der Waals surface area contributed by atoms with Crippen LogP contribution < -0.4 is 10.3 Å². The molecule has 0 saturated carbocycles. The van der Waals surface area contributed by atoms with Crippen LogP contribution in [-0.4, -0.2) is 16.3 Å². The fourth-order valence-electron chi connectivity index (χ4n) is 1.66. The third-order valence-corrected chi connectivity index (χ3v) is 2.74. The van der Waals surface area contributed by atoms with Gasteiger partial charge in [0.05, 0.1) is 6.54 Å². The zero-order valence-corrected chi connectivity index (χ0v) is 10.2. The van der Waals surface area contributed by atoms with E-state index in [9.17, 15) is 9.90 Å².